The number of rotatable bonds is 4. The Hall–Kier alpha value is -1.88. The van der Waals surface area contributed by atoms with E-state index in [1.165, 1.54) is 0 Å². The molecule has 2 heterocycles. The molecule has 2 aromatic rings. The van der Waals surface area contributed by atoms with Gasteiger partial charge in [-0.25, -0.2) is 0 Å². The Morgan fingerprint density at radius 1 is 1.35 bits per heavy atom. The van der Waals surface area contributed by atoms with Crippen LogP contribution in [0.25, 0.3) is 11.4 Å². The molecule has 1 aliphatic rings. The number of aromatic nitrogens is 2. The molecule has 1 fully saturated rings. The van der Waals surface area contributed by atoms with E-state index in [-0.39, 0.29) is 5.91 Å². The SMILES string of the molecule is CC1CCN(C(=O)CCc2nc(-c3ccccc3Cl)no2)CC1. The molecule has 3 rings (SSSR count). The first kappa shape index (κ1) is 16.0. The second-order valence-electron chi connectivity index (χ2n) is 6.05. The Bertz CT molecular complexity index is 678. The Labute approximate surface area is 140 Å². The van der Waals surface area contributed by atoms with Crippen LogP contribution >= 0.6 is 11.6 Å². The third-order valence-electron chi connectivity index (χ3n) is 4.27. The van der Waals surface area contributed by atoms with E-state index in [0.717, 1.165) is 31.5 Å². The summed E-state index contributed by atoms with van der Waals surface area (Å²) in [4.78, 5) is 18.5. The number of piperidine rings is 1. The van der Waals surface area contributed by atoms with Crippen LogP contribution in [0.5, 0.6) is 0 Å². The lowest BCUT2D eigenvalue weighted by Gasteiger charge is -2.30. The van der Waals surface area contributed by atoms with Crippen LogP contribution in [-0.4, -0.2) is 34.0 Å². The van der Waals surface area contributed by atoms with E-state index in [1.54, 1.807) is 6.07 Å². The van der Waals surface area contributed by atoms with Gasteiger partial charge in [-0.05, 0) is 30.9 Å². The van der Waals surface area contributed by atoms with Crippen molar-refractivity contribution in [3.05, 3.63) is 35.2 Å². The van der Waals surface area contributed by atoms with Gasteiger partial charge in [0.15, 0.2) is 0 Å². The van der Waals surface area contributed by atoms with Gasteiger partial charge in [0.2, 0.25) is 17.6 Å². The maximum atomic E-state index is 12.2. The highest BCUT2D eigenvalue weighted by Gasteiger charge is 2.21. The van der Waals surface area contributed by atoms with Gasteiger partial charge in [0.25, 0.3) is 0 Å². The summed E-state index contributed by atoms with van der Waals surface area (Å²) >= 11 is 6.13. The highest BCUT2D eigenvalue weighted by molar-refractivity contribution is 6.33. The van der Waals surface area contributed by atoms with Gasteiger partial charge in [-0.15, -0.1) is 0 Å². The van der Waals surface area contributed by atoms with E-state index in [0.29, 0.717) is 35.5 Å². The molecule has 6 heteroatoms. The minimum Gasteiger partial charge on any atom is -0.343 e. The molecule has 0 N–H and O–H groups in total. The van der Waals surface area contributed by atoms with Crippen molar-refractivity contribution in [2.24, 2.45) is 5.92 Å². The van der Waals surface area contributed by atoms with Crippen LogP contribution in [0.4, 0.5) is 0 Å². The molecular weight excluding hydrogens is 314 g/mol. The van der Waals surface area contributed by atoms with E-state index < -0.39 is 0 Å². The molecule has 122 valence electrons. The number of carbonyl (C=O) groups excluding carboxylic acids is 1. The fraction of sp³-hybridized carbons (Fsp3) is 0.471. The first-order valence-corrected chi connectivity index (χ1v) is 8.36. The zero-order valence-electron chi connectivity index (χ0n) is 13.2. The minimum atomic E-state index is 0.161. The zero-order chi connectivity index (χ0) is 16.2. The van der Waals surface area contributed by atoms with E-state index in [9.17, 15) is 4.79 Å². The van der Waals surface area contributed by atoms with Gasteiger partial charge in [-0.3, -0.25) is 4.79 Å². The van der Waals surface area contributed by atoms with Crippen molar-refractivity contribution in [1.82, 2.24) is 15.0 Å². The normalized spacial score (nSPS) is 15.8. The molecule has 0 unspecified atom stereocenters. The first-order valence-electron chi connectivity index (χ1n) is 7.98. The van der Waals surface area contributed by atoms with Crippen LogP contribution in [0.1, 0.15) is 32.1 Å². The molecule has 0 atom stereocenters. The van der Waals surface area contributed by atoms with Gasteiger partial charge in [-0.2, -0.15) is 4.98 Å². The van der Waals surface area contributed by atoms with E-state index in [2.05, 4.69) is 17.1 Å². The third-order valence-corrected chi connectivity index (χ3v) is 4.60. The predicted molar refractivity (Wildman–Crippen MR) is 88.0 cm³/mol. The smallest absolute Gasteiger partial charge is 0.227 e. The van der Waals surface area contributed by atoms with Crippen LogP contribution in [0.2, 0.25) is 5.02 Å². The van der Waals surface area contributed by atoms with Crippen molar-refractivity contribution in [1.29, 1.82) is 0 Å². The molecule has 0 bridgehead atoms. The molecule has 0 radical (unpaired) electrons. The molecule has 1 aromatic carbocycles. The summed E-state index contributed by atoms with van der Waals surface area (Å²) in [6.45, 7) is 3.94. The quantitative estimate of drug-likeness (QED) is 0.858. The lowest BCUT2D eigenvalue weighted by Crippen LogP contribution is -2.38. The van der Waals surface area contributed by atoms with Crippen LogP contribution in [0, 0.1) is 5.92 Å². The molecule has 5 nitrogen and oxygen atoms in total. The van der Waals surface area contributed by atoms with Gasteiger partial charge < -0.3 is 9.42 Å². The Morgan fingerprint density at radius 3 is 2.83 bits per heavy atom. The zero-order valence-corrected chi connectivity index (χ0v) is 13.9. The third kappa shape index (κ3) is 3.91. The average Bonchev–Trinajstić information content (AvgIpc) is 3.02. The van der Waals surface area contributed by atoms with Gasteiger partial charge in [-0.1, -0.05) is 35.8 Å². The monoisotopic (exact) mass is 333 g/mol. The second kappa shape index (κ2) is 7.13. The number of amides is 1. The van der Waals surface area contributed by atoms with E-state index >= 15 is 0 Å². The fourth-order valence-electron chi connectivity index (χ4n) is 2.74. The van der Waals surface area contributed by atoms with Crippen molar-refractivity contribution < 1.29 is 9.32 Å². The number of hydrogen-bond donors (Lipinski definition) is 0. The number of aryl methyl sites for hydroxylation is 1. The van der Waals surface area contributed by atoms with Gasteiger partial charge in [0, 0.05) is 31.5 Å². The summed E-state index contributed by atoms with van der Waals surface area (Å²) in [5.74, 6) is 1.81. The molecule has 0 saturated carbocycles. The van der Waals surface area contributed by atoms with Crippen LogP contribution in [0.3, 0.4) is 0 Å². The lowest BCUT2D eigenvalue weighted by molar-refractivity contribution is -0.132. The second-order valence-corrected chi connectivity index (χ2v) is 6.46. The van der Waals surface area contributed by atoms with Gasteiger partial charge in [0.1, 0.15) is 0 Å². The maximum Gasteiger partial charge on any atom is 0.227 e. The summed E-state index contributed by atoms with van der Waals surface area (Å²) in [6, 6.07) is 7.36. The largest absolute Gasteiger partial charge is 0.343 e. The molecule has 1 saturated heterocycles. The van der Waals surface area contributed by atoms with Gasteiger partial charge >= 0.3 is 0 Å². The predicted octanol–water partition coefficient (Wildman–Crippen LogP) is 3.58. The molecule has 1 aromatic heterocycles. The van der Waals surface area contributed by atoms with E-state index in [4.69, 9.17) is 16.1 Å². The van der Waals surface area contributed by atoms with Crippen molar-refractivity contribution in [3.63, 3.8) is 0 Å². The summed E-state index contributed by atoms with van der Waals surface area (Å²) in [7, 11) is 0. The van der Waals surface area contributed by atoms with Crippen LogP contribution in [0.15, 0.2) is 28.8 Å². The van der Waals surface area contributed by atoms with Crippen LogP contribution < -0.4 is 0 Å². The van der Waals surface area contributed by atoms with Crippen LogP contribution in [-0.2, 0) is 11.2 Å². The summed E-state index contributed by atoms with van der Waals surface area (Å²) in [6.07, 6.45) is 3.03. The van der Waals surface area contributed by atoms with Crippen molar-refractivity contribution >= 4 is 17.5 Å². The summed E-state index contributed by atoms with van der Waals surface area (Å²) in [5.41, 5.74) is 0.737. The summed E-state index contributed by atoms with van der Waals surface area (Å²) < 4.78 is 5.24. The minimum absolute atomic E-state index is 0.161. The number of halogens is 1. The molecule has 1 amide bonds. The Kier molecular flexibility index (Phi) is 4.96. The maximum absolute atomic E-state index is 12.2. The Morgan fingerprint density at radius 2 is 2.09 bits per heavy atom. The topological polar surface area (TPSA) is 59.2 Å². The molecule has 1 aliphatic heterocycles. The number of nitrogens with zero attached hydrogens (tertiary/aromatic N) is 3. The number of carbonyl (C=O) groups is 1. The molecule has 0 spiro atoms. The van der Waals surface area contributed by atoms with E-state index in [1.807, 2.05) is 23.1 Å². The number of likely N-dealkylation sites (tertiary alicyclic amines) is 1. The number of benzene rings is 1. The summed E-state index contributed by atoms with van der Waals surface area (Å²) in [5, 5.41) is 4.53. The van der Waals surface area contributed by atoms with Crippen molar-refractivity contribution in [2.75, 3.05) is 13.1 Å². The molecule has 0 aliphatic carbocycles. The average molecular weight is 334 g/mol. The first-order chi connectivity index (χ1) is 11.1. The highest BCUT2D eigenvalue weighted by atomic mass is 35.5. The van der Waals surface area contributed by atoms with Crippen molar-refractivity contribution in [2.45, 2.75) is 32.6 Å². The fourth-order valence-corrected chi connectivity index (χ4v) is 2.96. The lowest BCUT2D eigenvalue weighted by atomic mass is 9.99. The number of hydrogen-bond acceptors (Lipinski definition) is 4. The molecule has 23 heavy (non-hydrogen) atoms. The van der Waals surface area contributed by atoms with Crippen molar-refractivity contribution in [3.8, 4) is 11.4 Å². The van der Waals surface area contributed by atoms with Gasteiger partial charge in [0.05, 0.1) is 5.02 Å². The highest BCUT2D eigenvalue weighted by Crippen LogP contribution is 2.25. The molecular formula is C17H20ClN3O2. The Balaban J connectivity index is 1.57. The standard InChI is InChI=1S/C17H20ClN3O2/c1-12-8-10-21(11-9-12)16(22)7-6-15-19-17(20-23-15)13-4-2-3-5-14(13)18/h2-5,12H,6-11H2,1H3.